The smallest absolute Gasteiger partial charge is 0.0897 e. The third-order valence-corrected chi connectivity index (χ3v) is 4.82. The quantitative estimate of drug-likeness (QED) is 0.719. The van der Waals surface area contributed by atoms with Crippen molar-refractivity contribution in [3.8, 4) is 0 Å². The van der Waals surface area contributed by atoms with E-state index in [9.17, 15) is 5.11 Å². The molecule has 1 fully saturated rings. The van der Waals surface area contributed by atoms with Gasteiger partial charge in [0.05, 0.1) is 12.1 Å². The monoisotopic (exact) mass is 280 g/mol. The maximum atomic E-state index is 10.6. The van der Waals surface area contributed by atoms with E-state index in [4.69, 9.17) is 5.73 Å². The normalized spacial score (nSPS) is 26.5. The molecule has 1 aliphatic rings. The summed E-state index contributed by atoms with van der Waals surface area (Å²) in [5.41, 5.74) is 8.48. The van der Waals surface area contributed by atoms with E-state index in [0.717, 1.165) is 19.3 Å². The van der Waals surface area contributed by atoms with Crippen LogP contribution in [-0.2, 0) is 0 Å². The van der Waals surface area contributed by atoms with Gasteiger partial charge in [0, 0.05) is 27.8 Å². The second-order valence-electron chi connectivity index (χ2n) is 6.06. The zero-order valence-corrected chi connectivity index (χ0v) is 11.9. The molecule has 3 N–H and O–H groups in total. The van der Waals surface area contributed by atoms with E-state index in [1.807, 2.05) is 0 Å². The molecule has 0 unspecified atom stereocenters. The molecule has 108 valence electrons. The van der Waals surface area contributed by atoms with Crippen LogP contribution in [-0.4, -0.2) is 21.8 Å². The molecule has 0 radical (unpaired) electrons. The third kappa shape index (κ3) is 1.88. The van der Waals surface area contributed by atoms with Crippen molar-refractivity contribution in [2.75, 3.05) is 0 Å². The maximum Gasteiger partial charge on any atom is 0.0897 e. The fourth-order valence-corrected chi connectivity index (χ4v) is 3.78. The lowest BCUT2D eigenvalue weighted by molar-refractivity contribution is 0.0606. The maximum absolute atomic E-state index is 10.6. The summed E-state index contributed by atoms with van der Waals surface area (Å²) in [6.45, 7) is 0. The Hall–Kier alpha value is -1.84. The van der Waals surface area contributed by atoms with Gasteiger partial charge in [0.2, 0.25) is 0 Å². The van der Waals surface area contributed by atoms with Crippen LogP contribution in [0.2, 0.25) is 0 Å². The molecule has 0 bridgehead atoms. The minimum absolute atomic E-state index is 0.0681. The molecule has 0 amide bonds. The van der Waals surface area contributed by atoms with Gasteiger partial charge in [-0.2, -0.15) is 0 Å². The number of aromatic nitrogens is 1. The lowest BCUT2D eigenvalue weighted by atomic mass is 9.88. The third-order valence-electron chi connectivity index (χ3n) is 4.82. The molecule has 4 rings (SSSR count). The molecule has 3 heteroatoms. The van der Waals surface area contributed by atoms with Crippen LogP contribution in [0.15, 0.2) is 48.5 Å². The summed E-state index contributed by atoms with van der Waals surface area (Å²) in [4.78, 5) is 0. The topological polar surface area (TPSA) is 51.2 Å². The van der Waals surface area contributed by atoms with Gasteiger partial charge < -0.3 is 15.4 Å². The highest BCUT2D eigenvalue weighted by Crippen LogP contribution is 2.37. The minimum atomic E-state index is -0.474. The molecule has 3 nitrogen and oxygen atoms in total. The minimum Gasteiger partial charge on any atom is -0.389 e. The van der Waals surface area contributed by atoms with Crippen molar-refractivity contribution in [1.29, 1.82) is 0 Å². The van der Waals surface area contributed by atoms with Crippen molar-refractivity contribution in [2.45, 2.75) is 37.5 Å². The molecule has 3 atom stereocenters. The zero-order valence-electron chi connectivity index (χ0n) is 11.9. The molecule has 3 aromatic rings. The van der Waals surface area contributed by atoms with Crippen LogP contribution >= 0.6 is 0 Å². The van der Waals surface area contributed by atoms with Gasteiger partial charge in [-0.25, -0.2) is 0 Å². The Balaban J connectivity index is 2.01. The summed E-state index contributed by atoms with van der Waals surface area (Å²) in [7, 11) is 0. The molecule has 1 aromatic heterocycles. The number of nitrogens with zero attached hydrogens (tertiary/aromatic N) is 1. The highest BCUT2D eigenvalue weighted by atomic mass is 16.3. The Morgan fingerprint density at radius 1 is 0.905 bits per heavy atom. The Kier molecular flexibility index (Phi) is 2.98. The average molecular weight is 280 g/mol. The van der Waals surface area contributed by atoms with Gasteiger partial charge >= 0.3 is 0 Å². The number of para-hydroxylation sites is 2. The lowest BCUT2D eigenvalue weighted by Crippen LogP contribution is -2.44. The largest absolute Gasteiger partial charge is 0.389 e. The van der Waals surface area contributed by atoms with Crippen LogP contribution in [0, 0.1) is 0 Å². The van der Waals surface area contributed by atoms with Gasteiger partial charge in [-0.05, 0) is 31.4 Å². The predicted molar refractivity (Wildman–Crippen MR) is 86.3 cm³/mol. The first kappa shape index (κ1) is 12.9. The summed E-state index contributed by atoms with van der Waals surface area (Å²) in [6.07, 6.45) is 2.49. The van der Waals surface area contributed by atoms with E-state index in [0.29, 0.717) is 0 Å². The molecule has 1 heterocycles. The van der Waals surface area contributed by atoms with Crippen LogP contribution in [0.1, 0.15) is 25.3 Å². The van der Waals surface area contributed by atoms with Gasteiger partial charge in [0.25, 0.3) is 0 Å². The van der Waals surface area contributed by atoms with Crippen molar-refractivity contribution < 1.29 is 5.11 Å². The fraction of sp³-hybridized carbons (Fsp3) is 0.333. The number of fused-ring (bicyclic) bond motifs is 3. The van der Waals surface area contributed by atoms with Gasteiger partial charge in [0.15, 0.2) is 0 Å². The lowest BCUT2D eigenvalue weighted by Gasteiger charge is -2.34. The van der Waals surface area contributed by atoms with E-state index in [-0.39, 0.29) is 12.1 Å². The Morgan fingerprint density at radius 2 is 1.48 bits per heavy atom. The number of rotatable bonds is 1. The molecular formula is C18H20N2O. The molecule has 1 saturated carbocycles. The van der Waals surface area contributed by atoms with Crippen molar-refractivity contribution in [3.05, 3.63) is 48.5 Å². The van der Waals surface area contributed by atoms with E-state index in [1.165, 1.54) is 21.8 Å². The second kappa shape index (κ2) is 4.86. The summed E-state index contributed by atoms with van der Waals surface area (Å²) in [6, 6.07) is 16.8. The summed E-state index contributed by atoms with van der Waals surface area (Å²) in [5.74, 6) is 0. The zero-order chi connectivity index (χ0) is 14.4. The first-order valence-electron chi connectivity index (χ1n) is 7.68. The van der Waals surface area contributed by atoms with Gasteiger partial charge in [-0.15, -0.1) is 0 Å². The number of nitrogens with two attached hydrogens (primary N) is 1. The van der Waals surface area contributed by atoms with Crippen LogP contribution in [0.25, 0.3) is 21.8 Å². The molecule has 21 heavy (non-hydrogen) atoms. The highest BCUT2D eigenvalue weighted by molar-refractivity contribution is 6.08. The van der Waals surface area contributed by atoms with E-state index < -0.39 is 6.10 Å². The van der Waals surface area contributed by atoms with E-state index >= 15 is 0 Å². The molecule has 0 spiro atoms. The molecule has 2 aromatic carbocycles. The predicted octanol–water partition coefficient (Wildman–Crippen LogP) is 3.21. The van der Waals surface area contributed by atoms with E-state index in [2.05, 4.69) is 53.1 Å². The molecule has 1 aliphatic carbocycles. The average Bonchev–Trinajstić information content (AvgIpc) is 2.85. The molecular weight excluding hydrogens is 260 g/mol. The standard InChI is InChI=1S/C18H20N2O/c19-14-8-5-11-17(18(14)21)20-15-9-3-1-6-12(15)13-7-2-4-10-16(13)20/h1-4,6-7,9-10,14,17-18,21H,5,8,11,19H2/t14-,17+,18-/m0/s1. The first-order valence-corrected chi connectivity index (χ1v) is 7.68. The van der Waals surface area contributed by atoms with Crippen molar-refractivity contribution in [3.63, 3.8) is 0 Å². The number of aliphatic hydroxyl groups is 1. The molecule has 0 saturated heterocycles. The van der Waals surface area contributed by atoms with Crippen LogP contribution < -0.4 is 5.73 Å². The van der Waals surface area contributed by atoms with Gasteiger partial charge in [0.1, 0.15) is 0 Å². The van der Waals surface area contributed by atoms with Gasteiger partial charge in [-0.3, -0.25) is 0 Å². The fourth-order valence-electron chi connectivity index (χ4n) is 3.78. The Labute approximate surface area is 124 Å². The van der Waals surface area contributed by atoms with Crippen molar-refractivity contribution >= 4 is 21.8 Å². The summed E-state index contributed by atoms with van der Waals surface area (Å²) in [5, 5.41) is 13.1. The summed E-state index contributed by atoms with van der Waals surface area (Å²) >= 11 is 0. The first-order chi connectivity index (χ1) is 10.3. The number of benzene rings is 2. The highest BCUT2D eigenvalue weighted by Gasteiger charge is 2.32. The van der Waals surface area contributed by atoms with Crippen molar-refractivity contribution in [1.82, 2.24) is 4.57 Å². The second-order valence-corrected chi connectivity index (χ2v) is 6.06. The SMILES string of the molecule is N[C@H]1CCC[C@@H](n2c3ccccc3c3ccccc32)[C@H]1O. The van der Waals surface area contributed by atoms with E-state index in [1.54, 1.807) is 0 Å². The number of aliphatic hydroxyl groups excluding tert-OH is 1. The van der Waals surface area contributed by atoms with Crippen LogP contribution in [0.3, 0.4) is 0 Å². The van der Waals surface area contributed by atoms with Crippen molar-refractivity contribution in [2.24, 2.45) is 5.73 Å². The number of hydrogen-bond acceptors (Lipinski definition) is 2. The van der Waals surface area contributed by atoms with Gasteiger partial charge in [-0.1, -0.05) is 36.4 Å². The number of hydrogen-bond donors (Lipinski definition) is 2. The summed E-state index contributed by atoms with van der Waals surface area (Å²) < 4.78 is 2.30. The Bertz CT molecular complexity index is 739. The van der Waals surface area contributed by atoms with Crippen LogP contribution in [0.5, 0.6) is 0 Å². The Morgan fingerprint density at radius 3 is 2.10 bits per heavy atom. The molecule has 0 aliphatic heterocycles. The van der Waals surface area contributed by atoms with Crippen LogP contribution in [0.4, 0.5) is 0 Å².